The Kier molecular flexibility index (Phi) is 4.23. The van der Waals surface area contributed by atoms with E-state index >= 15 is 0 Å². The van der Waals surface area contributed by atoms with Gasteiger partial charge in [0, 0.05) is 30.3 Å². The first kappa shape index (κ1) is 14.4. The summed E-state index contributed by atoms with van der Waals surface area (Å²) in [5, 5.41) is 3.18. The standard InChI is InChI=1S/C17H16FNO3/c18-13-3-1-12(2-4-13)15(20)7-8-19-14-5-6-16-17(11-14)22-10-9-21-16/h1-6,11,19H,7-10H2. The van der Waals surface area contributed by atoms with Crippen LogP contribution in [0.3, 0.4) is 0 Å². The molecule has 1 N–H and O–H groups in total. The van der Waals surface area contributed by atoms with Crippen molar-refractivity contribution in [2.24, 2.45) is 0 Å². The van der Waals surface area contributed by atoms with Gasteiger partial charge in [0.15, 0.2) is 17.3 Å². The molecule has 4 nitrogen and oxygen atoms in total. The third kappa shape index (κ3) is 3.36. The molecule has 0 atom stereocenters. The molecule has 1 aliphatic rings. The van der Waals surface area contributed by atoms with Gasteiger partial charge in [0.2, 0.25) is 0 Å². The van der Waals surface area contributed by atoms with Gasteiger partial charge in [0.1, 0.15) is 19.0 Å². The van der Waals surface area contributed by atoms with E-state index in [4.69, 9.17) is 9.47 Å². The highest BCUT2D eigenvalue weighted by Gasteiger charge is 2.12. The fourth-order valence-electron chi connectivity index (χ4n) is 2.25. The molecule has 0 spiro atoms. The number of Topliss-reactive ketones (excluding diaryl/α,β-unsaturated/α-hetero) is 1. The van der Waals surface area contributed by atoms with Crippen molar-refractivity contribution in [3.05, 3.63) is 53.8 Å². The molecule has 1 heterocycles. The van der Waals surface area contributed by atoms with Crippen LogP contribution in [0, 0.1) is 5.82 Å². The number of hydrogen-bond donors (Lipinski definition) is 1. The lowest BCUT2D eigenvalue weighted by Crippen LogP contribution is -2.15. The second kappa shape index (κ2) is 6.47. The molecule has 1 aliphatic heterocycles. The predicted molar refractivity (Wildman–Crippen MR) is 81.3 cm³/mol. The summed E-state index contributed by atoms with van der Waals surface area (Å²) in [7, 11) is 0. The minimum absolute atomic E-state index is 0.0231. The first-order chi connectivity index (χ1) is 10.7. The maximum Gasteiger partial charge on any atom is 0.164 e. The summed E-state index contributed by atoms with van der Waals surface area (Å²) in [6, 6.07) is 11.2. The van der Waals surface area contributed by atoms with Crippen LogP contribution in [0.5, 0.6) is 11.5 Å². The molecule has 0 radical (unpaired) electrons. The number of carbonyl (C=O) groups excluding carboxylic acids is 1. The van der Waals surface area contributed by atoms with Gasteiger partial charge >= 0.3 is 0 Å². The van der Waals surface area contributed by atoms with Crippen molar-refractivity contribution in [2.75, 3.05) is 25.1 Å². The van der Waals surface area contributed by atoms with Crippen LogP contribution < -0.4 is 14.8 Å². The van der Waals surface area contributed by atoms with Crippen molar-refractivity contribution in [1.29, 1.82) is 0 Å². The lowest BCUT2D eigenvalue weighted by Gasteiger charge is -2.19. The number of halogens is 1. The molecule has 0 saturated carbocycles. The number of ketones is 1. The molecule has 2 aromatic rings. The zero-order chi connectivity index (χ0) is 15.4. The summed E-state index contributed by atoms with van der Waals surface area (Å²) < 4.78 is 23.8. The topological polar surface area (TPSA) is 47.6 Å². The SMILES string of the molecule is O=C(CCNc1ccc2c(c1)OCCO2)c1ccc(F)cc1. The average molecular weight is 301 g/mol. The molecule has 0 bridgehead atoms. The Labute approximate surface area is 127 Å². The Morgan fingerprint density at radius 1 is 1.05 bits per heavy atom. The van der Waals surface area contributed by atoms with Gasteiger partial charge in [-0.1, -0.05) is 0 Å². The van der Waals surface area contributed by atoms with E-state index in [-0.39, 0.29) is 11.6 Å². The summed E-state index contributed by atoms with van der Waals surface area (Å²) in [4.78, 5) is 12.0. The molecule has 0 fully saturated rings. The summed E-state index contributed by atoms with van der Waals surface area (Å²) in [5.74, 6) is 1.08. The van der Waals surface area contributed by atoms with Gasteiger partial charge in [-0.05, 0) is 36.4 Å². The maximum atomic E-state index is 12.8. The number of ether oxygens (including phenoxy) is 2. The van der Waals surface area contributed by atoms with Crippen LogP contribution in [-0.2, 0) is 0 Å². The van der Waals surface area contributed by atoms with E-state index in [0.717, 1.165) is 11.4 Å². The number of rotatable bonds is 5. The van der Waals surface area contributed by atoms with Crippen molar-refractivity contribution in [3.8, 4) is 11.5 Å². The van der Waals surface area contributed by atoms with Crippen molar-refractivity contribution in [3.63, 3.8) is 0 Å². The van der Waals surface area contributed by atoms with Gasteiger partial charge in [-0.3, -0.25) is 4.79 Å². The third-order valence-electron chi connectivity index (χ3n) is 3.39. The van der Waals surface area contributed by atoms with Crippen molar-refractivity contribution in [2.45, 2.75) is 6.42 Å². The predicted octanol–water partition coefficient (Wildman–Crippen LogP) is 3.28. The van der Waals surface area contributed by atoms with Crippen molar-refractivity contribution >= 4 is 11.5 Å². The molecule has 3 rings (SSSR count). The van der Waals surface area contributed by atoms with E-state index in [9.17, 15) is 9.18 Å². The molecular weight excluding hydrogens is 285 g/mol. The zero-order valence-electron chi connectivity index (χ0n) is 12.0. The van der Waals surface area contributed by atoms with Crippen LogP contribution in [0.2, 0.25) is 0 Å². The van der Waals surface area contributed by atoms with Gasteiger partial charge in [0.25, 0.3) is 0 Å². The molecule has 0 saturated heterocycles. The number of fused-ring (bicyclic) bond motifs is 1. The van der Waals surface area contributed by atoms with Gasteiger partial charge in [-0.25, -0.2) is 4.39 Å². The number of nitrogens with one attached hydrogen (secondary N) is 1. The van der Waals surface area contributed by atoms with Gasteiger partial charge in [-0.15, -0.1) is 0 Å². The highest BCUT2D eigenvalue weighted by molar-refractivity contribution is 5.96. The van der Waals surface area contributed by atoms with E-state index < -0.39 is 0 Å². The van der Waals surface area contributed by atoms with E-state index in [1.165, 1.54) is 24.3 Å². The fraction of sp³-hybridized carbons (Fsp3) is 0.235. The Hall–Kier alpha value is -2.56. The van der Waals surface area contributed by atoms with Crippen molar-refractivity contribution < 1.29 is 18.7 Å². The Morgan fingerprint density at radius 3 is 2.55 bits per heavy atom. The summed E-state index contributed by atoms with van der Waals surface area (Å²) in [5.41, 5.74) is 1.39. The number of anilines is 1. The fourth-order valence-corrected chi connectivity index (χ4v) is 2.25. The smallest absolute Gasteiger partial charge is 0.164 e. The minimum Gasteiger partial charge on any atom is -0.486 e. The lowest BCUT2D eigenvalue weighted by atomic mass is 10.1. The quantitative estimate of drug-likeness (QED) is 0.861. The molecule has 0 unspecified atom stereocenters. The lowest BCUT2D eigenvalue weighted by molar-refractivity contribution is 0.0986. The van der Waals surface area contributed by atoms with E-state index in [1.54, 1.807) is 0 Å². The van der Waals surface area contributed by atoms with Crippen LogP contribution in [-0.4, -0.2) is 25.5 Å². The second-order valence-corrected chi connectivity index (χ2v) is 4.97. The number of benzene rings is 2. The maximum absolute atomic E-state index is 12.8. The Morgan fingerprint density at radius 2 is 1.77 bits per heavy atom. The Balaban J connectivity index is 1.54. The van der Waals surface area contributed by atoms with Crippen LogP contribution in [0.25, 0.3) is 0 Å². The normalized spacial score (nSPS) is 12.8. The van der Waals surface area contributed by atoms with E-state index in [2.05, 4.69) is 5.32 Å². The molecule has 0 amide bonds. The third-order valence-corrected chi connectivity index (χ3v) is 3.39. The van der Waals surface area contributed by atoms with E-state index in [1.807, 2.05) is 18.2 Å². The van der Waals surface area contributed by atoms with Crippen LogP contribution >= 0.6 is 0 Å². The second-order valence-electron chi connectivity index (χ2n) is 4.97. The van der Waals surface area contributed by atoms with Crippen LogP contribution in [0.4, 0.5) is 10.1 Å². The summed E-state index contributed by atoms with van der Waals surface area (Å²) in [6.45, 7) is 1.60. The largest absolute Gasteiger partial charge is 0.486 e. The molecule has 0 aromatic heterocycles. The highest BCUT2D eigenvalue weighted by Crippen LogP contribution is 2.32. The highest BCUT2D eigenvalue weighted by atomic mass is 19.1. The molecular formula is C17H16FNO3. The van der Waals surface area contributed by atoms with E-state index in [0.29, 0.717) is 37.5 Å². The first-order valence-corrected chi connectivity index (χ1v) is 7.15. The minimum atomic E-state index is -0.342. The molecule has 2 aromatic carbocycles. The monoisotopic (exact) mass is 301 g/mol. The molecule has 114 valence electrons. The first-order valence-electron chi connectivity index (χ1n) is 7.15. The summed E-state index contributed by atoms with van der Waals surface area (Å²) >= 11 is 0. The van der Waals surface area contributed by atoms with Crippen molar-refractivity contribution in [1.82, 2.24) is 0 Å². The van der Waals surface area contributed by atoms with Gasteiger partial charge < -0.3 is 14.8 Å². The van der Waals surface area contributed by atoms with Crippen LogP contribution in [0.1, 0.15) is 16.8 Å². The molecule has 22 heavy (non-hydrogen) atoms. The summed E-state index contributed by atoms with van der Waals surface area (Å²) in [6.07, 6.45) is 0.333. The Bertz CT molecular complexity index is 670. The number of carbonyl (C=O) groups is 1. The van der Waals surface area contributed by atoms with Crippen LogP contribution in [0.15, 0.2) is 42.5 Å². The average Bonchev–Trinajstić information content (AvgIpc) is 2.55. The molecule has 0 aliphatic carbocycles. The number of hydrogen-bond acceptors (Lipinski definition) is 4. The van der Waals surface area contributed by atoms with Gasteiger partial charge in [-0.2, -0.15) is 0 Å². The zero-order valence-corrected chi connectivity index (χ0v) is 12.0. The van der Waals surface area contributed by atoms with Gasteiger partial charge in [0.05, 0.1) is 0 Å². The molecule has 5 heteroatoms.